The molecule has 6 nitrogen and oxygen atoms in total. The van der Waals surface area contributed by atoms with Crippen molar-refractivity contribution in [2.45, 2.75) is 63.6 Å². The van der Waals surface area contributed by atoms with Crippen LogP contribution in [0.15, 0.2) is 6.33 Å². The summed E-state index contributed by atoms with van der Waals surface area (Å²) >= 11 is 0. The molecular weight excluding hydrogens is 242 g/mol. The van der Waals surface area contributed by atoms with Gasteiger partial charge in [0.05, 0.1) is 5.60 Å². The average Bonchev–Trinajstić information content (AvgIpc) is 2.80. The number of hydrazine groups is 1. The van der Waals surface area contributed by atoms with Crippen LogP contribution in [-0.4, -0.2) is 33.5 Å². The summed E-state index contributed by atoms with van der Waals surface area (Å²) in [6, 6.07) is 0.484. The lowest BCUT2D eigenvalue weighted by Crippen LogP contribution is -2.48. The van der Waals surface area contributed by atoms with Gasteiger partial charge in [-0.25, -0.2) is 9.67 Å². The number of nitrogens with zero attached hydrogens (tertiary/aromatic N) is 3. The molecule has 1 atom stereocenters. The summed E-state index contributed by atoms with van der Waals surface area (Å²) in [6.07, 6.45) is 6.80. The zero-order valence-electron chi connectivity index (χ0n) is 12.1. The predicted octanol–water partition coefficient (Wildman–Crippen LogP) is 1.19. The van der Waals surface area contributed by atoms with Gasteiger partial charge < -0.3 is 4.74 Å². The molecule has 1 saturated carbocycles. The molecule has 0 amide bonds. The lowest BCUT2D eigenvalue weighted by Gasteiger charge is -2.42. The number of hydrogen-bond acceptors (Lipinski definition) is 5. The Kier molecular flexibility index (Phi) is 4.54. The van der Waals surface area contributed by atoms with Crippen molar-refractivity contribution < 1.29 is 4.74 Å². The number of nitrogens with one attached hydrogen (secondary N) is 1. The van der Waals surface area contributed by atoms with E-state index in [1.807, 2.05) is 4.68 Å². The maximum atomic E-state index is 5.69. The van der Waals surface area contributed by atoms with Gasteiger partial charge in [-0.1, -0.05) is 0 Å². The Labute approximate surface area is 114 Å². The van der Waals surface area contributed by atoms with Crippen molar-refractivity contribution >= 4 is 0 Å². The van der Waals surface area contributed by atoms with Crippen molar-refractivity contribution in [3.05, 3.63) is 12.2 Å². The van der Waals surface area contributed by atoms with Gasteiger partial charge in [0.2, 0.25) is 0 Å². The molecule has 0 spiro atoms. The van der Waals surface area contributed by atoms with Crippen molar-refractivity contribution in [3.8, 4) is 0 Å². The van der Waals surface area contributed by atoms with Crippen LogP contribution in [0.5, 0.6) is 0 Å². The molecule has 19 heavy (non-hydrogen) atoms. The van der Waals surface area contributed by atoms with E-state index in [1.54, 1.807) is 13.4 Å². The highest BCUT2D eigenvalue weighted by Crippen LogP contribution is 2.39. The van der Waals surface area contributed by atoms with Crippen molar-refractivity contribution in [2.24, 2.45) is 5.84 Å². The molecule has 0 bridgehead atoms. The molecule has 0 aromatic carbocycles. The monoisotopic (exact) mass is 267 g/mol. The standard InChI is InChI=1S/C13H25N5O/c1-10(2)18-12(15-9-16-18)7-11(17-14)8-13(19-3)5-4-6-13/h9-11,17H,4-8,14H2,1-3H3. The summed E-state index contributed by atoms with van der Waals surface area (Å²) in [4.78, 5) is 4.34. The maximum Gasteiger partial charge on any atom is 0.138 e. The highest BCUT2D eigenvalue weighted by Gasteiger charge is 2.39. The van der Waals surface area contributed by atoms with Gasteiger partial charge >= 0.3 is 0 Å². The predicted molar refractivity (Wildman–Crippen MR) is 73.4 cm³/mol. The second kappa shape index (κ2) is 5.98. The summed E-state index contributed by atoms with van der Waals surface area (Å²) in [7, 11) is 1.79. The Morgan fingerprint density at radius 1 is 1.53 bits per heavy atom. The topological polar surface area (TPSA) is 78.0 Å². The minimum Gasteiger partial charge on any atom is -0.378 e. The van der Waals surface area contributed by atoms with Crippen LogP contribution in [0.3, 0.4) is 0 Å². The first-order chi connectivity index (χ1) is 9.10. The second-order valence-corrected chi connectivity index (χ2v) is 5.73. The minimum atomic E-state index is 0.0136. The summed E-state index contributed by atoms with van der Waals surface area (Å²) in [6.45, 7) is 4.21. The first-order valence-electron chi connectivity index (χ1n) is 7.00. The molecule has 6 heteroatoms. The molecule has 1 aliphatic carbocycles. The first kappa shape index (κ1) is 14.4. The highest BCUT2D eigenvalue weighted by atomic mass is 16.5. The quantitative estimate of drug-likeness (QED) is 0.573. The smallest absolute Gasteiger partial charge is 0.138 e. The lowest BCUT2D eigenvalue weighted by molar-refractivity contribution is -0.0835. The van der Waals surface area contributed by atoms with Crippen LogP contribution in [0, 0.1) is 0 Å². The molecule has 1 aromatic rings. The third-order valence-corrected chi connectivity index (χ3v) is 4.12. The van der Waals surface area contributed by atoms with Gasteiger partial charge in [-0.05, 0) is 39.5 Å². The number of aromatic nitrogens is 3. The fourth-order valence-corrected chi connectivity index (χ4v) is 2.77. The van der Waals surface area contributed by atoms with Crippen LogP contribution in [0.2, 0.25) is 0 Å². The Balaban J connectivity index is 2.00. The number of rotatable bonds is 7. The third kappa shape index (κ3) is 3.13. The van der Waals surface area contributed by atoms with Crippen LogP contribution in [-0.2, 0) is 11.2 Å². The molecule has 1 heterocycles. The van der Waals surface area contributed by atoms with Crippen LogP contribution < -0.4 is 11.3 Å². The van der Waals surface area contributed by atoms with Crippen LogP contribution >= 0.6 is 0 Å². The zero-order chi connectivity index (χ0) is 13.9. The molecule has 1 unspecified atom stereocenters. The third-order valence-electron chi connectivity index (χ3n) is 4.12. The van der Waals surface area contributed by atoms with E-state index in [-0.39, 0.29) is 11.6 Å². The first-order valence-corrected chi connectivity index (χ1v) is 7.00. The molecule has 1 aromatic heterocycles. The molecular formula is C13H25N5O. The summed E-state index contributed by atoms with van der Waals surface area (Å²) < 4.78 is 7.61. The van der Waals surface area contributed by atoms with Crippen molar-refractivity contribution in [2.75, 3.05) is 7.11 Å². The van der Waals surface area contributed by atoms with Gasteiger partial charge in [0.25, 0.3) is 0 Å². The molecule has 1 aliphatic rings. The van der Waals surface area contributed by atoms with Crippen LogP contribution in [0.1, 0.15) is 51.4 Å². The lowest BCUT2D eigenvalue weighted by atomic mass is 9.75. The van der Waals surface area contributed by atoms with E-state index in [9.17, 15) is 0 Å². The largest absolute Gasteiger partial charge is 0.378 e. The molecule has 0 radical (unpaired) electrons. The van der Waals surface area contributed by atoms with Gasteiger partial charge in [0.15, 0.2) is 0 Å². The Bertz CT molecular complexity index is 394. The molecule has 1 fully saturated rings. The minimum absolute atomic E-state index is 0.0136. The van der Waals surface area contributed by atoms with Gasteiger partial charge in [-0.3, -0.25) is 11.3 Å². The van der Waals surface area contributed by atoms with E-state index in [0.717, 1.165) is 31.5 Å². The molecule has 108 valence electrons. The Hall–Kier alpha value is -0.980. The van der Waals surface area contributed by atoms with Gasteiger partial charge in [0.1, 0.15) is 12.2 Å². The Morgan fingerprint density at radius 3 is 2.74 bits per heavy atom. The number of nitrogens with two attached hydrogens (primary N) is 1. The van der Waals surface area contributed by atoms with Crippen LogP contribution in [0.4, 0.5) is 0 Å². The SMILES string of the molecule is COC1(CC(Cc2ncnn2C(C)C)NN)CCC1. The molecule has 2 rings (SSSR count). The number of hydrogen-bond donors (Lipinski definition) is 2. The summed E-state index contributed by atoms with van der Waals surface area (Å²) in [5.74, 6) is 6.67. The molecule has 3 N–H and O–H groups in total. The number of methoxy groups -OCH3 is 1. The van der Waals surface area contributed by atoms with Gasteiger partial charge in [0, 0.05) is 25.6 Å². The fourth-order valence-electron chi connectivity index (χ4n) is 2.77. The summed E-state index contributed by atoms with van der Waals surface area (Å²) in [5, 5.41) is 4.26. The van der Waals surface area contributed by atoms with E-state index in [2.05, 4.69) is 29.4 Å². The Morgan fingerprint density at radius 2 is 2.26 bits per heavy atom. The normalized spacial score (nSPS) is 19.4. The highest BCUT2D eigenvalue weighted by molar-refractivity contribution is 4.97. The molecule has 0 aliphatic heterocycles. The second-order valence-electron chi connectivity index (χ2n) is 5.73. The van der Waals surface area contributed by atoms with Crippen LogP contribution in [0.25, 0.3) is 0 Å². The van der Waals surface area contributed by atoms with Crippen molar-refractivity contribution in [3.63, 3.8) is 0 Å². The van der Waals surface area contributed by atoms with Gasteiger partial charge in [-0.2, -0.15) is 5.10 Å². The summed E-state index contributed by atoms with van der Waals surface area (Å²) in [5.41, 5.74) is 2.92. The van der Waals surface area contributed by atoms with Crippen molar-refractivity contribution in [1.82, 2.24) is 20.2 Å². The van der Waals surface area contributed by atoms with E-state index in [0.29, 0.717) is 6.04 Å². The average molecular weight is 267 g/mol. The van der Waals surface area contributed by atoms with E-state index >= 15 is 0 Å². The van der Waals surface area contributed by atoms with Crippen molar-refractivity contribution in [1.29, 1.82) is 0 Å². The zero-order valence-corrected chi connectivity index (χ0v) is 12.1. The molecule has 0 saturated heterocycles. The van der Waals surface area contributed by atoms with E-state index in [1.165, 1.54) is 6.42 Å². The van der Waals surface area contributed by atoms with E-state index in [4.69, 9.17) is 10.6 Å². The van der Waals surface area contributed by atoms with Gasteiger partial charge in [-0.15, -0.1) is 0 Å². The van der Waals surface area contributed by atoms with E-state index < -0.39 is 0 Å². The maximum absolute atomic E-state index is 5.69. The fraction of sp³-hybridized carbons (Fsp3) is 0.846. The number of ether oxygens (including phenoxy) is 1.